The molecule has 0 saturated heterocycles. The Bertz CT molecular complexity index is 622. The van der Waals surface area contributed by atoms with Crippen molar-refractivity contribution in [2.75, 3.05) is 0 Å². The standard InChI is InChI=1S/C18H16/c1-15-7-5-11-17(13-15)9-3-4-10-18-12-6-8-16(2)14-18/h3,5-9,11-14H,1-2H3/b9-3-. The molecule has 0 nitrogen and oxygen atoms in total. The van der Waals surface area contributed by atoms with Gasteiger partial charge in [-0.15, -0.1) is 0 Å². The Morgan fingerprint density at radius 3 is 2.33 bits per heavy atom. The fourth-order valence-corrected chi connectivity index (χ4v) is 1.76. The molecular formula is C18H16. The first-order valence-electron chi connectivity index (χ1n) is 6.05. The maximum absolute atomic E-state index is 3.13. The van der Waals surface area contributed by atoms with E-state index in [1.165, 1.54) is 16.7 Å². The smallest absolute Gasteiger partial charge is 0.0251 e. The fraction of sp³-hybridized carbons (Fsp3) is 0.111. The van der Waals surface area contributed by atoms with Crippen LogP contribution in [0.15, 0.2) is 54.6 Å². The molecule has 0 fully saturated rings. The molecule has 0 aromatic heterocycles. The van der Waals surface area contributed by atoms with Gasteiger partial charge in [-0.3, -0.25) is 0 Å². The molecule has 88 valence electrons. The lowest BCUT2D eigenvalue weighted by molar-refractivity contribution is 1.45. The van der Waals surface area contributed by atoms with Gasteiger partial charge in [0.05, 0.1) is 0 Å². The van der Waals surface area contributed by atoms with Crippen molar-refractivity contribution in [1.82, 2.24) is 0 Å². The topological polar surface area (TPSA) is 0 Å². The van der Waals surface area contributed by atoms with Crippen molar-refractivity contribution < 1.29 is 0 Å². The van der Waals surface area contributed by atoms with Crippen molar-refractivity contribution in [3.05, 3.63) is 76.9 Å². The van der Waals surface area contributed by atoms with E-state index < -0.39 is 0 Å². The van der Waals surface area contributed by atoms with Gasteiger partial charge in [0, 0.05) is 5.56 Å². The molecule has 2 rings (SSSR count). The van der Waals surface area contributed by atoms with E-state index in [4.69, 9.17) is 0 Å². The van der Waals surface area contributed by atoms with Crippen molar-refractivity contribution in [1.29, 1.82) is 0 Å². The van der Waals surface area contributed by atoms with Gasteiger partial charge in [-0.05, 0) is 49.3 Å². The van der Waals surface area contributed by atoms with Crippen molar-refractivity contribution in [2.45, 2.75) is 13.8 Å². The molecule has 0 heterocycles. The third-order valence-electron chi connectivity index (χ3n) is 2.64. The second-order valence-electron chi connectivity index (χ2n) is 4.39. The highest BCUT2D eigenvalue weighted by molar-refractivity contribution is 5.54. The van der Waals surface area contributed by atoms with Gasteiger partial charge in [0.2, 0.25) is 0 Å². The second-order valence-corrected chi connectivity index (χ2v) is 4.39. The highest BCUT2D eigenvalue weighted by atomic mass is 13.9. The second kappa shape index (κ2) is 5.89. The molecule has 2 aromatic carbocycles. The number of rotatable bonds is 1. The van der Waals surface area contributed by atoms with E-state index in [0.29, 0.717) is 0 Å². The molecule has 0 heteroatoms. The summed E-state index contributed by atoms with van der Waals surface area (Å²) in [7, 11) is 0. The Labute approximate surface area is 109 Å². The fourth-order valence-electron chi connectivity index (χ4n) is 1.76. The van der Waals surface area contributed by atoms with Crippen LogP contribution in [0.25, 0.3) is 6.08 Å². The average Bonchev–Trinajstić information content (AvgIpc) is 2.35. The number of allylic oxidation sites excluding steroid dienone is 1. The van der Waals surface area contributed by atoms with Crippen molar-refractivity contribution in [3.63, 3.8) is 0 Å². The van der Waals surface area contributed by atoms with Crippen LogP contribution in [0.5, 0.6) is 0 Å². The van der Waals surface area contributed by atoms with E-state index in [9.17, 15) is 0 Å². The molecule has 18 heavy (non-hydrogen) atoms. The molecule has 0 aliphatic carbocycles. The normalized spacial score (nSPS) is 10.1. The van der Waals surface area contributed by atoms with E-state index in [2.05, 4.69) is 62.1 Å². The van der Waals surface area contributed by atoms with E-state index in [1.807, 2.05) is 24.3 Å². The van der Waals surface area contributed by atoms with Crippen LogP contribution in [-0.4, -0.2) is 0 Å². The Morgan fingerprint density at radius 1 is 0.889 bits per heavy atom. The molecule has 0 aliphatic rings. The molecular weight excluding hydrogens is 216 g/mol. The first kappa shape index (κ1) is 12.2. The number of aryl methyl sites for hydroxylation is 2. The minimum Gasteiger partial charge on any atom is -0.0696 e. The Kier molecular flexibility index (Phi) is 3.99. The monoisotopic (exact) mass is 232 g/mol. The van der Waals surface area contributed by atoms with Crippen LogP contribution in [0.4, 0.5) is 0 Å². The number of benzene rings is 2. The number of hydrogen-bond acceptors (Lipinski definition) is 0. The SMILES string of the molecule is Cc1cccc(C#C/C=C\c2cccc(C)c2)c1. The molecule has 0 saturated carbocycles. The van der Waals surface area contributed by atoms with Crippen molar-refractivity contribution >= 4 is 6.08 Å². The van der Waals surface area contributed by atoms with Crippen LogP contribution in [0.1, 0.15) is 22.3 Å². The van der Waals surface area contributed by atoms with Crippen molar-refractivity contribution in [3.8, 4) is 11.8 Å². The van der Waals surface area contributed by atoms with Crippen LogP contribution in [0.3, 0.4) is 0 Å². The maximum atomic E-state index is 3.13. The van der Waals surface area contributed by atoms with E-state index in [0.717, 1.165) is 5.56 Å². The lowest BCUT2D eigenvalue weighted by Crippen LogP contribution is -1.75. The zero-order valence-electron chi connectivity index (χ0n) is 10.8. The highest BCUT2D eigenvalue weighted by Gasteiger charge is 1.87. The molecule has 0 radical (unpaired) electrons. The van der Waals surface area contributed by atoms with E-state index >= 15 is 0 Å². The van der Waals surface area contributed by atoms with E-state index in [-0.39, 0.29) is 0 Å². The Morgan fingerprint density at radius 2 is 1.61 bits per heavy atom. The summed E-state index contributed by atoms with van der Waals surface area (Å²) in [5, 5.41) is 0. The van der Waals surface area contributed by atoms with Crippen LogP contribution in [0.2, 0.25) is 0 Å². The zero-order valence-corrected chi connectivity index (χ0v) is 10.8. The van der Waals surface area contributed by atoms with Crippen LogP contribution >= 0.6 is 0 Å². The molecule has 0 spiro atoms. The van der Waals surface area contributed by atoms with Gasteiger partial charge in [0.25, 0.3) is 0 Å². The molecule has 2 aromatic rings. The first-order chi connectivity index (χ1) is 8.74. The summed E-state index contributed by atoms with van der Waals surface area (Å²) in [6.07, 6.45) is 3.94. The largest absolute Gasteiger partial charge is 0.0696 e. The predicted molar refractivity (Wildman–Crippen MR) is 78.3 cm³/mol. The molecule has 0 amide bonds. The Hall–Kier alpha value is -2.26. The van der Waals surface area contributed by atoms with Gasteiger partial charge >= 0.3 is 0 Å². The predicted octanol–water partition coefficient (Wildman–Crippen LogP) is 4.37. The lowest BCUT2D eigenvalue weighted by Gasteiger charge is -1.93. The van der Waals surface area contributed by atoms with Gasteiger partial charge in [0.15, 0.2) is 0 Å². The molecule has 0 unspecified atom stereocenters. The lowest BCUT2D eigenvalue weighted by atomic mass is 10.1. The van der Waals surface area contributed by atoms with Crippen LogP contribution in [0, 0.1) is 25.7 Å². The van der Waals surface area contributed by atoms with Crippen molar-refractivity contribution in [2.24, 2.45) is 0 Å². The summed E-state index contributed by atoms with van der Waals surface area (Å²) in [4.78, 5) is 0. The van der Waals surface area contributed by atoms with E-state index in [1.54, 1.807) is 0 Å². The minimum absolute atomic E-state index is 1.06. The van der Waals surface area contributed by atoms with Gasteiger partial charge in [-0.2, -0.15) is 0 Å². The van der Waals surface area contributed by atoms with Gasteiger partial charge in [-0.1, -0.05) is 53.8 Å². The van der Waals surface area contributed by atoms with Crippen LogP contribution in [-0.2, 0) is 0 Å². The zero-order chi connectivity index (χ0) is 12.8. The summed E-state index contributed by atoms with van der Waals surface area (Å²) in [5.74, 6) is 6.20. The number of hydrogen-bond donors (Lipinski definition) is 0. The van der Waals surface area contributed by atoms with Gasteiger partial charge < -0.3 is 0 Å². The summed E-state index contributed by atoms with van der Waals surface area (Å²) in [5.41, 5.74) is 4.76. The highest BCUT2D eigenvalue weighted by Crippen LogP contribution is 2.05. The molecule has 0 aliphatic heterocycles. The molecule has 0 bridgehead atoms. The van der Waals surface area contributed by atoms with Gasteiger partial charge in [-0.25, -0.2) is 0 Å². The summed E-state index contributed by atoms with van der Waals surface area (Å²) < 4.78 is 0. The summed E-state index contributed by atoms with van der Waals surface area (Å²) in [6, 6.07) is 16.6. The Balaban J connectivity index is 2.08. The molecule has 0 atom stereocenters. The van der Waals surface area contributed by atoms with Gasteiger partial charge in [0.1, 0.15) is 0 Å². The molecule has 0 N–H and O–H groups in total. The summed E-state index contributed by atoms with van der Waals surface area (Å²) in [6.45, 7) is 4.17. The minimum atomic E-state index is 1.06. The first-order valence-corrected chi connectivity index (χ1v) is 6.05. The maximum Gasteiger partial charge on any atom is 0.0251 e. The average molecular weight is 232 g/mol. The summed E-state index contributed by atoms with van der Waals surface area (Å²) >= 11 is 0. The van der Waals surface area contributed by atoms with Crippen LogP contribution < -0.4 is 0 Å². The third kappa shape index (κ3) is 3.64. The third-order valence-corrected chi connectivity index (χ3v) is 2.64. The quantitative estimate of drug-likeness (QED) is 0.640.